The Hall–Kier alpha value is -1.49. The summed E-state index contributed by atoms with van der Waals surface area (Å²) < 4.78 is 4.83. The molecule has 0 aromatic heterocycles. The fraction of sp³-hybridized carbons (Fsp3) is 0.429. The summed E-state index contributed by atoms with van der Waals surface area (Å²) in [6.07, 6.45) is 2.21. The number of hydrogen-bond acceptors (Lipinski definition) is 4. The summed E-state index contributed by atoms with van der Waals surface area (Å²) in [5.74, 6) is -0.364. The molecule has 0 N–H and O–H groups in total. The van der Waals surface area contributed by atoms with Gasteiger partial charge in [0, 0.05) is 24.1 Å². The molecule has 1 aromatic carbocycles. The Balaban J connectivity index is 2.53. The van der Waals surface area contributed by atoms with Crippen LogP contribution in [0.15, 0.2) is 29.2 Å². The van der Waals surface area contributed by atoms with E-state index in [1.165, 1.54) is 4.90 Å². The van der Waals surface area contributed by atoms with Gasteiger partial charge in [0.05, 0.1) is 13.0 Å². The van der Waals surface area contributed by atoms with E-state index in [0.29, 0.717) is 18.7 Å². The lowest BCUT2D eigenvalue weighted by Gasteiger charge is -2.16. The second kappa shape index (κ2) is 7.84. The van der Waals surface area contributed by atoms with Crippen molar-refractivity contribution in [1.29, 1.82) is 0 Å². The van der Waals surface area contributed by atoms with Crippen LogP contribution in [0.25, 0.3) is 0 Å². The van der Waals surface area contributed by atoms with E-state index in [1.54, 1.807) is 37.9 Å². The maximum absolute atomic E-state index is 12.1. The Kier molecular flexibility index (Phi) is 6.42. The number of nitrogens with zero attached hydrogens (tertiary/aromatic N) is 1. The quantitative estimate of drug-likeness (QED) is 0.593. The molecule has 0 heterocycles. The van der Waals surface area contributed by atoms with Gasteiger partial charge in [-0.1, -0.05) is 0 Å². The van der Waals surface area contributed by atoms with Gasteiger partial charge in [-0.3, -0.25) is 9.59 Å². The first-order valence-electron chi connectivity index (χ1n) is 6.13. The molecule has 1 rings (SSSR count). The summed E-state index contributed by atoms with van der Waals surface area (Å²) in [5, 5.41) is 0. The molecule has 0 bridgehead atoms. The van der Waals surface area contributed by atoms with Gasteiger partial charge in [-0.25, -0.2) is 0 Å². The van der Waals surface area contributed by atoms with E-state index in [2.05, 4.69) is 0 Å². The monoisotopic (exact) mass is 281 g/mol. The van der Waals surface area contributed by atoms with Crippen molar-refractivity contribution in [3.8, 4) is 0 Å². The fourth-order valence-corrected chi connectivity index (χ4v) is 1.96. The number of carbonyl (C=O) groups is 2. The van der Waals surface area contributed by atoms with Gasteiger partial charge in [-0.2, -0.15) is 0 Å². The number of esters is 1. The maximum Gasteiger partial charge on any atom is 0.307 e. The van der Waals surface area contributed by atoms with Gasteiger partial charge in [0.25, 0.3) is 5.91 Å². The predicted molar refractivity (Wildman–Crippen MR) is 76.4 cm³/mol. The molecule has 0 unspecified atom stereocenters. The van der Waals surface area contributed by atoms with Gasteiger partial charge in [-0.15, -0.1) is 11.8 Å². The molecule has 0 saturated heterocycles. The minimum Gasteiger partial charge on any atom is -0.466 e. The number of amides is 1. The number of hydrogen-bond donors (Lipinski definition) is 0. The van der Waals surface area contributed by atoms with Crippen molar-refractivity contribution in [2.24, 2.45) is 0 Å². The number of thioether (sulfide) groups is 1. The summed E-state index contributed by atoms with van der Waals surface area (Å²) in [5.41, 5.74) is 0.629. The lowest BCUT2D eigenvalue weighted by Crippen LogP contribution is -2.29. The van der Waals surface area contributed by atoms with E-state index in [9.17, 15) is 9.59 Å². The number of carbonyl (C=O) groups excluding carboxylic acids is 2. The van der Waals surface area contributed by atoms with Gasteiger partial charge in [0.2, 0.25) is 0 Å². The van der Waals surface area contributed by atoms with Gasteiger partial charge < -0.3 is 9.64 Å². The lowest BCUT2D eigenvalue weighted by atomic mass is 10.2. The minimum absolute atomic E-state index is 0.0862. The standard InChI is InChI=1S/C14H19NO3S/c1-4-18-13(16)9-10-15(2)14(17)11-5-7-12(19-3)8-6-11/h5-8H,4,9-10H2,1-3H3. The highest BCUT2D eigenvalue weighted by Crippen LogP contribution is 2.15. The molecule has 1 amide bonds. The van der Waals surface area contributed by atoms with Crippen molar-refractivity contribution >= 4 is 23.6 Å². The zero-order chi connectivity index (χ0) is 14.3. The van der Waals surface area contributed by atoms with Crippen molar-refractivity contribution < 1.29 is 14.3 Å². The highest BCUT2D eigenvalue weighted by Gasteiger charge is 2.13. The molecule has 104 valence electrons. The first-order chi connectivity index (χ1) is 9.08. The average molecular weight is 281 g/mol. The topological polar surface area (TPSA) is 46.6 Å². The maximum atomic E-state index is 12.1. The second-order valence-electron chi connectivity index (χ2n) is 4.01. The second-order valence-corrected chi connectivity index (χ2v) is 4.89. The van der Waals surface area contributed by atoms with E-state index in [1.807, 2.05) is 18.4 Å². The largest absolute Gasteiger partial charge is 0.466 e. The van der Waals surface area contributed by atoms with Crippen molar-refractivity contribution in [2.45, 2.75) is 18.2 Å². The first-order valence-corrected chi connectivity index (χ1v) is 7.36. The summed E-state index contributed by atoms with van der Waals surface area (Å²) in [6, 6.07) is 7.43. The molecule has 0 aliphatic heterocycles. The zero-order valence-electron chi connectivity index (χ0n) is 11.5. The molecule has 1 aromatic rings. The number of benzene rings is 1. The Morgan fingerprint density at radius 2 is 1.89 bits per heavy atom. The van der Waals surface area contributed by atoms with Crippen LogP contribution >= 0.6 is 11.8 Å². The minimum atomic E-state index is -0.278. The van der Waals surface area contributed by atoms with E-state index < -0.39 is 0 Å². The van der Waals surface area contributed by atoms with Crippen LogP contribution in [0.2, 0.25) is 0 Å². The Bertz CT molecular complexity index is 431. The zero-order valence-corrected chi connectivity index (χ0v) is 12.3. The van der Waals surface area contributed by atoms with Crippen molar-refractivity contribution in [2.75, 3.05) is 26.5 Å². The van der Waals surface area contributed by atoms with Crippen LogP contribution in [0.5, 0.6) is 0 Å². The molecule has 0 spiro atoms. The third kappa shape index (κ3) is 4.95. The highest BCUT2D eigenvalue weighted by molar-refractivity contribution is 7.98. The number of ether oxygens (including phenoxy) is 1. The third-order valence-electron chi connectivity index (χ3n) is 2.64. The van der Waals surface area contributed by atoms with Crippen molar-refractivity contribution in [3.05, 3.63) is 29.8 Å². The molecule has 5 heteroatoms. The molecule has 4 nitrogen and oxygen atoms in total. The molecule has 19 heavy (non-hydrogen) atoms. The van der Waals surface area contributed by atoms with Crippen LogP contribution in [0, 0.1) is 0 Å². The number of rotatable bonds is 6. The van der Waals surface area contributed by atoms with Gasteiger partial charge in [0.15, 0.2) is 0 Å². The van der Waals surface area contributed by atoms with Crippen molar-refractivity contribution in [1.82, 2.24) is 4.90 Å². The predicted octanol–water partition coefficient (Wildman–Crippen LogP) is 2.43. The lowest BCUT2D eigenvalue weighted by molar-refractivity contribution is -0.143. The fourth-order valence-electron chi connectivity index (χ4n) is 1.55. The molecule has 0 atom stereocenters. The van der Waals surface area contributed by atoms with Crippen LogP contribution in [-0.2, 0) is 9.53 Å². The Morgan fingerprint density at radius 1 is 1.26 bits per heavy atom. The van der Waals surface area contributed by atoms with E-state index in [4.69, 9.17) is 4.74 Å². The molecule has 0 saturated carbocycles. The summed E-state index contributed by atoms with van der Waals surface area (Å²) in [4.78, 5) is 26.0. The van der Waals surface area contributed by atoms with Gasteiger partial charge >= 0.3 is 5.97 Å². The molecule has 0 aliphatic rings. The Morgan fingerprint density at radius 3 is 2.42 bits per heavy atom. The van der Waals surface area contributed by atoms with Gasteiger partial charge in [0.1, 0.15) is 0 Å². The molecular weight excluding hydrogens is 262 g/mol. The normalized spacial score (nSPS) is 10.1. The SMILES string of the molecule is CCOC(=O)CCN(C)C(=O)c1ccc(SC)cc1. The molecule has 0 radical (unpaired) electrons. The molecule has 0 fully saturated rings. The summed E-state index contributed by atoms with van der Waals surface area (Å²) >= 11 is 1.63. The van der Waals surface area contributed by atoms with E-state index >= 15 is 0 Å². The van der Waals surface area contributed by atoms with E-state index in [-0.39, 0.29) is 18.3 Å². The third-order valence-corrected chi connectivity index (χ3v) is 3.38. The van der Waals surface area contributed by atoms with Crippen molar-refractivity contribution in [3.63, 3.8) is 0 Å². The molecule has 0 aliphatic carbocycles. The van der Waals surface area contributed by atoms with Gasteiger partial charge in [-0.05, 0) is 37.4 Å². The first kappa shape index (κ1) is 15.6. The van der Waals surface area contributed by atoms with Crippen LogP contribution in [0.3, 0.4) is 0 Å². The Labute approximate surface area is 118 Å². The van der Waals surface area contributed by atoms with Crippen LogP contribution in [0.4, 0.5) is 0 Å². The highest BCUT2D eigenvalue weighted by atomic mass is 32.2. The van der Waals surface area contributed by atoms with Crippen LogP contribution < -0.4 is 0 Å². The smallest absolute Gasteiger partial charge is 0.307 e. The average Bonchev–Trinajstić information content (AvgIpc) is 2.44. The van der Waals surface area contributed by atoms with Crippen LogP contribution in [-0.4, -0.2) is 43.2 Å². The summed E-state index contributed by atoms with van der Waals surface area (Å²) in [6.45, 7) is 2.49. The van der Waals surface area contributed by atoms with Crippen LogP contribution in [0.1, 0.15) is 23.7 Å². The van der Waals surface area contributed by atoms with E-state index in [0.717, 1.165) is 4.90 Å². The summed E-state index contributed by atoms with van der Waals surface area (Å²) in [7, 11) is 1.68. The molecular formula is C14H19NO3S.